The molecule has 0 fully saturated rings. The lowest BCUT2D eigenvalue weighted by Gasteiger charge is -2.23. The van der Waals surface area contributed by atoms with Gasteiger partial charge in [-0.1, -0.05) is 24.3 Å². The summed E-state index contributed by atoms with van der Waals surface area (Å²) in [5.74, 6) is -0.783. The first kappa shape index (κ1) is 22.9. The van der Waals surface area contributed by atoms with Crippen LogP contribution in [0.15, 0.2) is 82.1 Å². The average Bonchev–Trinajstić information content (AvgIpc) is 3.15. The maximum Gasteiger partial charge on any atom is 0.272 e. The number of fused-ring (bicyclic) bond motifs is 1. The summed E-state index contributed by atoms with van der Waals surface area (Å²) in [5, 5.41) is 11.6. The van der Waals surface area contributed by atoms with Gasteiger partial charge in [-0.15, -0.1) is 0 Å². The van der Waals surface area contributed by atoms with Crippen molar-refractivity contribution >= 4 is 44.1 Å². The normalized spacial score (nSPS) is 11.4. The van der Waals surface area contributed by atoms with E-state index in [1.54, 1.807) is 25.1 Å². The molecule has 0 saturated carbocycles. The Balaban J connectivity index is 1.97. The molecule has 9 nitrogen and oxygen atoms in total. The number of carbonyl (C=O) groups is 2. The lowest BCUT2D eigenvalue weighted by Crippen LogP contribution is -2.37. The fourth-order valence-electron chi connectivity index (χ4n) is 3.70. The first-order valence-corrected chi connectivity index (χ1v) is 11.5. The number of nitro benzene ring substituents is 1. The summed E-state index contributed by atoms with van der Waals surface area (Å²) in [5.41, 5.74) is 0.235. The molecule has 3 aromatic carbocycles. The molecule has 1 aromatic heterocycles. The number of carbonyl (C=O) groups excluding carboxylic acids is 2. The van der Waals surface area contributed by atoms with E-state index in [0.29, 0.717) is 21.0 Å². The molecule has 172 valence electrons. The molecule has 0 aliphatic carbocycles. The van der Waals surface area contributed by atoms with Gasteiger partial charge >= 0.3 is 0 Å². The van der Waals surface area contributed by atoms with Gasteiger partial charge in [-0.25, -0.2) is 8.42 Å². The lowest BCUT2D eigenvalue weighted by molar-refractivity contribution is -0.385. The van der Waals surface area contributed by atoms with Gasteiger partial charge in [0.15, 0.2) is 5.78 Å². The molecular formula is C24H18N2O7S. The third-order valence-electron chi connectivity index (χ3n) is 5.21. The number of furan rings is 1. The number of non-ortho nitro benzene ring substituents is 1. The lowest BCUT2D eigenvalue weighted by atomic mass is 10.1. The van der Waals surface area contributed by atoms with Gasteiger partial charge in [0.25, 0.3) is 21.6 Å². The molecule has 0 saturated heterocycles. The minimum absolute atomic E-state index is 0.0452. The molecule has 0 aliphatic rings. The van der Waals surface area contributed by atoms with Crippen LogP contribution in [0, 0.1) is 17.0 Å². The van der Waals surface area contributed by atoms with Crippen LogP contribution in [0.1, 0.15) is 33.4 Å². The van der Waals surface area contributed by atoms with E-state index in [0.717, 1.165) is 12.1 Å². The number of nitrogens with zero attached hydrogens (tertiary/aromatic N) is 2. The fraction of sp³-hybridized carbons (Fsp3) is 0.0833. The summed E-state index contributed by atoms with van der Waals surface area (Å²) in [7, 11) is -4.59. The van der Waals surface area contributed by atoms with Crippen molar-refractivity contribution in [1.82, 2.24) is 0 Å². The SMILES string of the molecule is CC(=O)c1c(C)oc2ccc(N(C(=O)c3ccccc3)S(=O)(=O)c3cccc([N+](=O)[O-])c3)cc12. The highest BCUT2D eigenvalue weighted by Gasteiger charge is 2.33. The number of aryl methyl sites for hydroxylation is 1. The van der Waals surface area contributed by atoms with Crippen LogP contribution >= 0.6 is 0 Å². The van der Waals surface area contributed by atoms with Crippen molar-refractivity contribution in [1.29, 1.82) is 0 Å². The van der Waals surface area contributed by atoms with E-state index in [-0.39, 0.29) is 22.6 Å². The van der Waals surface area contributed by atoms with Gasteiger partial charge in [0.2, 0.25) is 0 Å². The second-order valence-electron chi connectivity index (χ2n) is 7.46. The van der Waals surface area contributed by atoms with Crippen molar-refractivity contribution in [3.8, 4) is 0 Å². The maximum absolute atomic E-state index is 13.7. The van der Waals surface area contributed by atoms with Crippen molar-refractivity contribution in [2.45, 2.75) is 18.7 Å². The summed E-state index contributed by atoms with van der Waals surface area (Å²) in [4.78, 5) is 35.7. The van der Waals surface area contributed by atoms with Crippen LogP contribution in [0.4, 0.5) is 11.4 Å². The number of sulfonamides is 1. The zero-order valence-electron chi connectivity index (χ0n) is 18.1. The smallest absolute Gasteiger partial charge is 0.272 e. The number of anilines is 1. The Morgan fingerprint density at radius 1 is 0.971 bits per heavy atom. The molecule has 1 heterocycles. The Labute approximate surface area is 194 Å². The number of ketones is 1. The van der Waals surface area contributed by atoms with Gasteiger partial charge < -0.3 is 4.42 Å². The van der Waals surface area contributed by atoms with Gasteiger partial charge in [0.05, 0.1) is 21.1 Å². The van der Waals surface area contributed by atoms with Crippen LogP contribution in [0.25, 0.3) is 11.0 Å². The summed E-state index contributed by atoms with van der Waals surface area (Å²) in [6.07, 6.45) is 0. The molecule has 0 radical (unpaired) electrons. The summed E-state index contributed by atoms with van der Waals surface area (Å²) in [6.45, 7) is 2.97. The van der Waals surface area contributed by atoms with Crippen LogP contribution in [0.3, 0.4) is 0 Å². The molecule has 10 heteroatoms. The van der Waals surface area contributed by atoms with E-state index in [2.05, 4.69) is 0 Å². The third kappa shape index (κ3) is 3.95. The molecule has 0 N–H and O–H groups in total. The number of benzene rings is 3. The van der Waals surface area contributed by atoms with Gasteiger partial charge in [-0.2, -0.15) is 4.31 Å². The molecule has 0 unspecified atom stereocenters. The number of hydrogen-bond donors (Lipinski definition) is 0. The highest BCUT2D eigenvalue weighted by Crippen LogP contribution is 2.33. The first-order chi connectivity index (χ1) is 16.1. The van der Waals surface area contributed by atoms with Gasteiger partial charge in [-0.05, 0) is 50.2 Å². The maximum atomic E-state index is 13.7. The molecule has 0 aliphatic heterocycles. The third-order valence-corrected chi connectivity index (χ3v) is 6.91. The molecule has 4 rings (SSSR count). The van der Waals surface area contributed by atoms with Crippen LogP contribution in [-0.4, -0.2) is 25.0 Å². The number of hydrogen-bond acceptors (Lipinski definition) is 7. The minimum Gasteiger partial charge on any atom is -0.461 e. The summed E-state index contributed by atoms with van der Waals surface area (Å²) < 4.78 is 33.5. The van der Waals surface area contributed by atoms with Crippen LogP contribution in [0.2, 0.25) is 0 Å². The summed E-state index contributed by atoms with van der Waals surface area (Å²) in [6, 6.07) is 16.5. The number of rotatable bonds is 6. The Morgan fingerprint density at radius 3 is 2.32 bits per heavy atom. The van der Waals surface area contributed by atoms with E-state index in [1.807, 2.05) is 0 Å². The van der Waals surface area contributed by atoms with Crippen LogP contribution < -0.4 is 4.31 Å². The van der Waals surface area contributed by atoms with E-state index in [4.69, 9.17) is 4.42 Å². The Bertz CT molecular complexity index is 1560. The van der Waals surface area contributed by atoms with Crippen LogP contribution in [0.5, 0.6) is 0 Å². The van der Waals surface area contributed by atoms with Crippen molar-refractivity contribution in [2.75, 3.05) is 4.31 Å². The number of amides is 1. The van der Waals surface area contributed by atoms with Crippen molar-refractivity contribution in [3.05, 3.63) is 99.8 Å². The van der Waals surface area contributed by atoms with Crippen molar-refractivity contribution in [3.63, 3.8) is 0 Å². The molecule has 0 bridgehead atoms. The predicted octanol–water partition coefficient (Wildman–Crippen LogP) is 4.89. The standard InChI is InChI=1S/C24H18N2O7S/c1-15(27)23-16(2)33-22-12-11-18(14-21(22)23)25(24(28)17-7-4-3-5-8-17)34(31,32)20-10-6-9-19(13-20)26(29)30/h3-14H,1-2H3. The topological polar surface area (TPSA) is 128 Å². The number of nitro groups is 1. The van der Waals surface area contributed by atoms with Crippen molar-refractivity contribution < 1.29 is 27.3 Å². The van der Waals surface area contributed by atoms with E-state index in [9.17, 15) is 28.1 Å². The molecule has 1 amide bonds. The number of Topliss-reactive ketones (excluding diaryl/α,β-unsaturated/α-hetero) is 1. The highest BCUT2D eigenvalue weighted by atomic mass is 32.2. The van der Waals surface area contributed by atoms with Gasteiger partial charge in [0, 0.05) is 23.1 Å². The molecule has 0 atom stereocenters. The molecular weight excluding hydrogens is 460 g/mol. The molecule has 34 heavy (non-hydrogen) atoms. The molecule has 0 spiro atoms. The van der Waals surface area contributed by atoms with Crippen LogP contribution in [-0.2, 0) is 10.0 Å². The fourth-order valence-corrected chi connectivity index (χ4v) is 5.14. The largest absolute Gasteiger partial charge is 0.461 e. The molecule has 4 aromatic rings. The first-order valence-electron chi connectivity index (χ1n) is 10.0. The zero-order valence-corrected chi connectivity index (χ0v) is 18.9. The second kappa shape index (κ2) is 8.56. The zero-order chi connectivity index (χ0) is 24.6. The highest BCUT2D eigenvalue weighted by molar-refractivity contribution is 7.93. The second-order valence-corrected chi connectivity index (χ2v) is 9.25. The van der Waals surface area contributed by atoms with E-state index >= 15 is 0 Å². The predicted molar refractivity (Wildman–Crippen MR) is 124 cm³/mol. The van der Waals surface area contributed by atoms with Gasteiger partial charge in [0.1, 0.15) is 11.3 Å². The van der Waals surface area contributed by atoms with E-state index in [1.165, 1.54) is 49.4 Å². The van der Waals surface area contributed by atoms with Gasteiger partial charge in [-0.3, -0.25) is 19.7 Å². The quantitative estimate of drug-likeness (QED) is 0.219. The Hall–Kier alpha value is -4.31. The Kier molecular flexibility index (Phi) is 5.76. The average molecular weight is 478 g/mol. The monoisotopic (exact) mass is 478 g/mol. The minimum atomic E-state index is -4.59. The Morgan fingerprint density at radius 2 is 1.68 bits per heavy atom. The van der Waals surface area contributed by atoms with Crippen molar-refractivity contribution in [2.24, 2.45) is 0 Å². The van der Waals surface area contributed by atoms with E-state index < -0.39 is 31.4 Å². The summed E-state index contributed by atoms with van der Waals surface area (Å²) >= 11 is 0.